The molecule has 0 aromatic heterocycles. The van der Waals surface area contributed by atoms with Gasteiger partial charge in [-0.15, -0.1) is 0 Å². The van der Waals surface area contributed by atoms with Crippen LogP contribution in [0.15, 0.2) is 91.0 Å². The van der Waals surface area contributed by atoms with Crippen LogP contribution in [0.5, 0.6) is 5.75 Å². The lowest BCUT2D eigenvalue weighted by atomic mass is 10.0. The second-order valence-electron chi connectivity index (χ2n) is 8.38. The van der Waals surface area contributed by atoms with Crippen LogP contribution in [0.4, 0.5) is 20.2 Å². The molecule has 0 atom stereocenters. The quantitative estimate of drug-likeness (QED) is 0.161. The number of rotatable bonds is 8. The molecule has 4 N–H and O–H groups in total. The van der Waals surface area contributed by atoms with Gasteiger partial charge in [0.05, 0.1) is 18.5 Å². The van der Waals surface area contributed by atoms with E-state index in [1.54, 1.807) is 72.8 Å². The van der Waals surface area contributed by atoms with E-state index in [1.807, 2.05) is 0 Å². The average Bonchev–Trinajstić information content (AvgIpc) is 2.94. The molecule has 0 aliphatic carbocycles. The first-order valence-corrected chi connectivity index (χ1v) is 11.7. The van der Waals surface area contributed by atoms with Crippen molar-refractivity contribution >= 4 is 34.8 Å². The van der Waals surface area contributed by atoms with Crippen LogP contribution >= 0.6 is 0 Å². The first-order chi connectivity index (χ1) is 18.3. The lowest BCUT2D eigenvalue weighted by molar-refractivity contribution is -0.115. The zero-order chi connectivity index (χ0) is 27.1. The van der Waals surface area contributed by atoms with Crippen molar-refractivity contribution in [2.75, 3.05) is 18.2 Å². The number of methoxy groups -OCH3 is 1. The van der Waals surface area contributed by atoms with Gasteiger partial charge in [-0.2, -0.15) is 0 Å². The summed E-state index contributed by atoms with van der Waals surface area (Å²) in [6, 6.07) is 24.0. The Morgan fingerprint density at radius 3 is 2.21 bits per heavy atom. The molecule has 0 aliphatic heterocycles. The molecular weight excluding hydrogens is 488 g/mol. The number of para-hydroxylation sites is 2. The molecule has 4 aromatic rings. The van der Waals surface area contributed by atoms with E-state index >= 15 is 0 Å². The number of carbonyl (C=O) groups is 2. The number of nitrogens with two attached hydrogens (primary N) is 1. The molecule has 192 valence electrons. The smallest absolute Gasteiger partial charge is 0.255 e. The summed E-state index contributed by atoms with van der Waals surface area (Å²) in [5.74, 6) is -2.09. The van der Waals surface area contributed by atoms with Gasteiger partial charge in [0.2, 0.25) is 0 Å². The summed E-state index contributed by atoms with van der Waals surface area (Å²) in [6.45, 7) is 0.178. The van der Waals surface area contributed by atoms with Gasteiger partial charge < -0.3 is 21.1 Å². The Morgan fingerprint density at radius 1 is 0.868 bits per heavy atom. The Balaban J connectivity index is 1.48. The van der Waals surface area contributed by atoms with Crippen molar-refractivity contribution in [2.24, 2.45) is 0 Å². The van der Waals surface area contributed by atoms with Gasteiger partial charge in [-0.1, -0.05) is 42.5 Å². The third-order valence-electron chi connectivity index (χ3n) is 5.78. The number of nitrogen functional groups attached to an aromatic ring is 1. The van der Waals surface area contributed by atoms with Gasteiger partial charge in [0.15, 0.2) is 11.6 Å². The largest absolute Gasteiger partial charge is 0.497 e. The lowest BCUT2D eigenvalue weighted by Gasteiger charge is -2.12. The Bertz CT molecular complexity index is 1480. The first kappa shape index (κ1) is 26.1. The summed E-state index contributed by atoms with van der Waals surface area (Å²) in [5, 5.41) is 5.61. The van der Waals surface area contributed by atoms with Crippen molar-refractivity contribution < 1.29 is 23.1 Å². The molecule has 38 heavy (non-hydrogen) atoms. The number of anilines is 2. The van der Waals surface area contributed by atoms with Crippen LogP contribution < -0.4 is 21.1 Å². The molecule has 0 saturated heterocycles. The maximum Gasteiger partial charge on any atom is 0.255 e. The maximum atomic E-state index is 13.8. The minimum Gasteiger partial charge on any atom is -0.497 e. The fraction of sp³-hybridized carbons (Fsp3) is 0.0667. The minimum absolute atomic E-state index is 0.178. The van der Waals surface area contributed by atoms with Crippen molar-refractivity contribution in [1.82, 2.24) is 5.32 Å². The summed E-state index contributed by atoms with van der Waals surface area (Å²) < 4.78 is 32.4. The molecular formula is C30H25F2N3O3. The molecule has 0 fully saturated rings. The molecule has 0 heterocycles. The highest BCUT2D eigenvalue weighted by molar-refractivity contribution is 6.24. The molecule has 8 heteroatoms. The van der Waals surface area contributed by atoms with Crippen LogP contribution in [0.3, 0.4) is 0 Å². The SMILES string of the molecule is COc1ccc(C(=Cc2ccc(F)c(F)c2)C(=O)NCc2ccc(C(=O)Nc3ccccc3N)cc2)cc1. The molecule has 0 spiro atoms. The zero-order valence-corrected chi connectivity index (χ0v) is 20.5. The van der Waals surface area contributed by atoms with Crippen LogP contribution in [-0.2, 0) is 11.3 Å². The highest BCUT2D eigenvalue weighted by Gasteiger charge is 2.14. The van der Waals surface area contributed by atoms with Gasteiger partial charge in [0, 0.05) is 17.7 Å². The van der Waals surface area contributed by atoms with Gasteiger partial charge in [-0.3, -0.25) is 9.59 Å². The van der Waals surface area contributed by atoms with Gasteiger partial charge in [-0.05, 0) is 71.3 Å². The highest BCUT2D eigenvalue weighted by Crippen LogP contribution is 2.23. The number of nitrogens with one attached hydrogen (secondary N) is 2. The predicted molar refractivity (Wildman–Crippen MR) is 144 cm³/mol. The fourth-order valence-corrected chi connectivity index (χ4v) is 3.68. The second kappa shape index (κ2) is 11.8. The van der Waals surface area contributed by atoms with E-state index in [1.165, 1.54) is 19.3 Å². The van der Waals surface area contributed by atoms with Crippen LogP contribution in [-0.4, -0.2) is 18.9 Å². The highest BCUT2D eigenvalue weighted by atomic mass is 19.2. The van der Waals surface area contributed by atoms with Crippen molar-refractivity contribution in [2.45, 2.75) is 6.54 Å². The van der Waals surface area contributed by atoms with E-state index in [2.05, 4.69) is 10.6 Å². The van der Waals surface area contributed by atoms with Gasteiger partial charge in [-0.25, -0.2) is 8.78 Å². The third kappa shape index (κ3) is 6.41. The van der Waals surface area contributed by atoms with E-state index in [0.717, 1.165) is 17.7 Å². The summed E-state index contributed by atoms with van der Waals surface area (Å²) in [5.41, 5.74) is 9.22. The van der Waals surface area contributed by atoms with Gasteiger partial charge in [0.1, 0.15) is 5.75 Å². The van der Waals surface area contributed by atoms with Gasteiger partial charge in [0.25, 0.3) is 11.8 Å². The number of halogens is 2. The average molecular weight is 514 g/mol. The van der Waals surface area contributed by atoms with E-state index in [-0.39, 0.29) is 18.0 Å². The lowest BCUT2D eigenvalue weighted by Crippen LogP contribution is -2.24. The van der Waals surface area contributed by atoms with Crippen LogP contribution in [0.2, 0.25) is 0 Å². The number of ether oxygens (including phenoxy) is 1. The number of benzene rings is 4. The molecule has 6 nitrogen and oxygen atoms in total. The molecule has 0 saturated carbocycles. The molecule has 0 unspecified atom stereocenters. The number of carbonyl (C=O) groups excluding carboxylic acids is 2. The Labute approximate surface area is 218 Å². The summed E-state index contributed by atoms with van der Waals surface area (Å²) in [6.07, 6.45) is 1.49. The normalized spacial score (nSPS) is 11.1. The van der Waals surface area contributed by atoms with Crippen LogP contribution in [0, 0.1) is 11.6 Å². The van der Waals surface area contributed by atoms with E-state index in [4.69, 9.17) is 10.5 Å². The summed E-state index contributed by atoms with van der Waals surface area (Å²) in [4.78, 5) is 25.7. The predicted octanol–water partition coefficient (Wildman–Crippen LogP) is 5.66. The standard InChI is InChI=1S/C30H25F2N3O3/c1-38-23-13-11-21(12-14-23)24(16-20-8-15-25(31)26(32)17-20)30(37)34-18-19-6-9-22(10-7-19)29(36)35-28-5-3-2-4-27(28)33/h2-17H,18,33H2,1H3,(H,34,37)(H,35,36). The number of amides is 2. The first-order valence-electron chi connectivity index (χ1n) is 11.7. The third-order valence-corrected chi connectivity index (χ3v) is 5.78. The van der Waals surface area contributed by atoms with E-state index in [9.17, 15) is 18.4 Å². The molecule has 4 rings (SSSR count). The molecule has 0 bridgehead atoms. The maximum absolute atomic E-state index is 13.8. The molecule has 2 amide bonds. The van der Waals surface area contributed by atoms with Crippen molar-refractivity contribution in [3.63, 3.8) is 0 Å². The Morgan fingerprint density at radius 2 is 1.55 bits per heavy atom. The van der Waals surface area contributed by atoms with Crippen molar-refractivity contribution in [3.05, 3.63) is 125 Å². The van der Waals surface area contributed by atoms with Gasteiger partial charge >= 0.3 is 0 Å². The Kier molecular flexibility index (Phi) is 8.13. The fourth-order valence-electron chi connectivity index (χ4n) is 3.68. The molecule has 0 aliphatic rings. The van der Waals surface area contributed by atoms with Crippen LogP contribution in [0.1, 0.15) is 27.0 Å². The Hall–Kier alpha value is -4.98. The van der Waals surface area contributed by atoms with Crippen molar-refractivity contribution in [3.8, 4) is 5.75 Å². The minimum atomic E-state index is -1.01. The van der Waals surface area contributed by atoms with Crippen LogP contribution in [0.25, 0.3) is 11.6 Å². The number of hydrogen-bond donors (Lipinski definition) is 3. The summed E-state index contributed by atoms with van der Waals surface area (Å²) >= 11 is 0. The van der Waals surface area contributed by atoms with E-state index in [0.29, 0.717) is 33.8 Å². The number of hydrogen-bond acceptors (Lipinski definition) is 4. The van der Waals surface area contributed by atoms with Crippen molar-refractivity contribution in [1.29, 1.82) is 0 Å². The zero-order valence-electron chi connectivity index (χ0n) is 20.5. The monoisotopic (exact) mass is 513 g/mol. The molecule has 4 aromatic carbocycles. The molecule has 0 radical (unpaired) electrons. The summed E-state index contributed by atoms with van der Waals surface area (Å²) in [7, 11) is 1.53. The second-order valence-corrected chi connectivity index (χ2v) is 8.38. The topological polar surface area (TPSA) is 93.4 Å². The van der Waals surface area contributed by atoms with E-state index < -0.39 is 17.5 Å².